The minimum atomic E-state index is -0.854. The number of rotatable bonds is 6. The van der Waals surface area contributed by atoms with Crippen molar-refractivity contribution >= 4 is 35.3 Å². The number of non-ortho nitro benzene ring substituents is 1. The topological polar surface area (TPSA) is 124 Å². The second kappa shape index (κ2) is 9.26. The first kappa shape index (κ1) is 23.4. The normalized spacial score (nSPS) is 14.9. The van der Waals surface area contributed by atoms with Gasteiger partial charge in [0.1, 0.15) is 11.3 Å². The molecule has 2 heterocycles. The van der Waals surface area contributed by atoms with E-state index < -0.39 is 22.8 Å². The van der Waals surface area contributed by atoms with E-state index in [1.165, 1.54) is 18.2 Å². The van der Waals surface area contributed by atoms with Crippen LogP contribution in [0.15, 0.2) is 60.2 Å². The maximum Gasteiger partial charge on any atom is 0.335 e. The summed E-state index contributed by atoms with van der Waals surface area (Å²) in [5.74, 6) is -1.10. The summed E-state index contributed by atoms with van der Waals surface area (Å²) in [5.41, 5.74) is 2.53. The SMILES string of the molecule is CCOc1cccc(N2C(=O)NC(=O)/C(=C\c3cc(C)n(-c4cccc([N+](=O)[O-])c4)c3C)C2=O)c1. The van der Waals surface area contributed by atoms with Gasteiger partial charge in [-0.1, -0.05) is 12.1 Å². The van der Waals surface area contributed by atoms with Gasteiger partial charge >= 0.3 is 6.03 Å². The van der Waals surface area contributed by atoms with Crippen LogP contribution in [0.2, 0.25) is 0 Å². The molecule has 1 fully saturated rings. The number of nitro groups is 1. The summed E-state index contributed by atoms with van der Waals surface area (Å²) in [6.45, 7) is 5.81. The summed E-state index contributed by atoms with van der Waals surface area (Å²) in [6, 6.07) is 13.5. The Labute approximate surface area is 200 Å². The molecule has 4 rings (SSSR count). The molecule has 0 radical (unpaired) electrons. The van der Waals surface area contributed by atoms with Crippen LogP contribution in [0.5, 0.6) is 5.75 Å². The number of amides is 4. The number of carbonyl (C=O) groups is 3. The van der Waals surface area contributed by atoms with Crippen LogP contribution in [0.3, 0.4) is 0 Å². The number of hydrogen-bond acceptors (Lipinski definition) is 6. The molecule has 3 aromatic rings. The highest BCUT2D eigenvalue weighted by molar-refractivity contribution is 6.39. The smallest absolute Gasteiger partial charge is 0.335 e. The molecule has 0 bridgehead atoms. The number of nitrogens with one attached hydrogen (secondary N) is 1. The van der Waals surface area contributed by atoms with E-state index >= 15 is 0 Å². The molecule has 1 saturated heterocycles. The van der Waals surface area contributed by atoms with Gasteiger partial charge in [0.2, 0.25) is 0 Å². The van der Waals surface area contributed by atoms with Gasteiger partial charge < -0.3 is 9.30 Å². The van der Waals surface area contributed by atoms with E-state index in [-0.39, 0.29) is 16.9 Å². The van der Waals surface area contributed by atoms with Gasteiger partial charge in [-0.3, -0.25) is 25.0 Å². The lowest BCUT2D eigenvalue weighted by atomic mass is 10.1. The third-order valence-electron chi connectivity index (χ3n) is 5.56. The van der Waals surface area contributed by atoms with E-state index in [1.807, 2.05) is 13.8 Å². The predicted molar refractivity (Wildman–Crippen MR) is 129 cm³/mol. The monoisotopic (exact) mass is 474 g/mol. The van der Waals surface area contributed by atoms with E-state index in [1.54, 1.807) is 54.0 Å². The predicted octanol–water partition coefficient (Wildman–Crippen LogP) is 4.07. The van der Waals surface area contributed by atoms with Crippen molar-refractivity contribution in [2.45, 2.75) is 20.8 Å². The molecule has 2 aromatic carbocycles. The molecule has 1 aromatic heterocycles. The maximum absolute atomic E-state index is 13.3. The van der Waals surface area contributed by atoms with Crippen molar-refractivity contribution in [2.24, 2.45) is 0 Å². The number of urea groups is 1. The van der Waals surface area contributed by atoms with Crippen LogP contribution in [-0.4, -0.2) is 33.9 Å². The number of hydrogen-bond donors (Lipinski definition) is 1. The number of nitrogens with zero attached hydrogens (tertiary/aromatic N) is 3. The fraction of sp³-hybridized carbons (Fsp3) is 0.160. The van der Waals surface area contributed by atoms with Crippen LogP contribution in [0, 0.1) is 24.0 Å². The van der Waals surface area contributed by atoms with Crippen molar-refractivity contribution in [2.75, 3.05) is 11.5 Å². The lowest BCUT2D eigenvalue weighted by Gasteiger charge is -2.26. The Morgan fingerprint density at radius 1 is 1.03 bits per heavy atom. The molecule has 1 N–H and O–H groups in total. The van der Waals surface area contributed by atoms with Crippen molar-refractivity contribution in [1.82, 2.24) is 9.88 Å². The van der Waals surface area contributed by atoms with Crippen LogP contribution < -0.4 is 15.0 Å². The molecule has 10 heteroatoms. The van der Waals surface area contributed by atoms with Gasteiger partial charge in [-0.2, -0.15) is 0 Å². The van der Waals surface area contributed by atoms with Crippen LogP contribution in [0.4, 0.5) is 16.2 Å². The van der Waals surface area contributed by atoms with E-state index in [4.69, 9.17) is 4.74 Å². The molecule has 1 aliphatic rings. The molecule has 0 atom stereocenters. The molecule has 0 spiro atoms. The zero-order valence-corrected chi connectivity index (χ0v) is 19.3. The standard InChI is InChI=1S/C25H22N4O6/c1-4-35-21-10-6-8-19(14-21)28-24(31)22(23(30)26-25(28)32)12-17-11-15(2)27(16(17)3)18-7-5-9-20(13-18)29(33)34/h5-14H,4H2,1-3H3,(H,26,30,32)/b22-12+. The number of anilines is 1. The molecule has 10 nitrogen and oxygen atoms in total. The highest BCUT2D eigenvalue weighted by Crippen LogP contribution is 2.28. The van der Waals surface area contributed by atoms with Gasteiger partial charge in [0, 0.05) is 29.6 Å². The number of imide groups is 2. The van der Waals surface area contributed by atoms with Gasteiger partial charge in [0.25, 0.3) is 17.5 Å². The second-order valence-corrected chi connectivity index (χ2v) is 7.83. The van der Waals surface area contributed by atoms with E-state index in [9.17, 15) is 24.5 Å². The quantitative estimate of drug-likeness (QED) is 0.249. The van der Waals surface area contributed by atoms with E-state index in [0.717, 1.165) is 10.6 Å². The van der Waals surface area contributed by atoms with Crippen LogP contribution in [0.1, 0.15) is 23.9 Å². The number of nitro benzene ring substituents is 1. The lowest BCUT2D eigenvalue weighted by molar-refractivity contribution is -0.384. The zero-order valence-electron chi connectivity index (χ0n) is 19.3. The van der Waals surface area contributed by atoms with Gasteiger partial charge in [-0.05, 0) is 56.7 Å². The van der Waals surface area contributed by atoms with Gasteiger partial charge in [0.05, 0.1) is 22.9 Å². The Morgan fingerprint density at radius 3 is 2.46 bits per heavy atom. The first-order chi connectivity index (χ1) is 16.7. The first-order valence-electron chi connectivity index (χ1n) is 10.8. The number of barbiturate groups is 1. The maximum atomic E-state index is 13.3. The average Bonchev–Trinajstić information content (AvgIpc) is 3.09. The molecule has 35 heavy (non-hydrogen) atoms. The summed E-state index contributed by atoms with van der Waals surface area (Å²) in [7, 11) is 0. The summed E-state index contributed by atoms with van der Waals surface area (Å²) in [5, 5.41) is 13.4. The summed E-state index contributed by atoms with van der Waals surface area (Å²) in [4.78, 5) is 50.0. The molecular weight excluding hydrogens is 452 g/mol. The van der Waals surface area contributed by atoms with Crippen LogP contribution in [0.25, 0.3) is 11.8 Å². The van der Waals surface area contributed by atoms with Gasteiger partial charge in [0.15, 0.2) is 0 Å². The molecule has 0 saturated carbocycles. The number of aromatic nitrogens is 1. The van der Waals surface area contributed by atoms with Crippen molar-refractivity contribution in [3.05, 3.63) is 87.2 Å². The number of carbonyl (C=O) groups excluding carboxylic acids is 3. The lowest BCUT2D eigenvalue weighted by Crippen LogP contribution is -2.54. The Balaban J connectivity index is 1.74. The number of aryl methyl sites for hydroxylation is 1. The number of benzene rings is 2. The van der Waals surface area contributed by atoms with E-state index in [0.29, 0.717) is 29.3 Å². The summed E-state index contributed by atoms with van der Waals surface area (Å²) >= 11 is 0. The first-order valence-corrected chi connectivity index (χ1v) is 10.8. The summed E-state index contributed by atoms with van der Waals surface area (Å²) < 4.78 is 7.24. The molecule has 0 unspecified atom stereocenters. The molecular formula is C25H22N4O6. The highest BCUT2D eigenvalue weighted by atomic mass is 16.6. The molecule has 0 aliphatic carbocycles. The Morgan fingerprint density at radius 2 is 1.74 bits per heavy atom. The van der Waals surface area contributed by atoms with Crippen LogP contribution >= 0.6 is 0 Å². The Kier molecular flexibility index (Phi) is 6.20. The molecule has 4 amide bonds. The second-order valence-electron chi connectivity index (χ2n) is 7.83. The fourth-order valence-electron chi connectivity index (χ4n) is 4.00. The van der Waals surface area contributed by atoms with Gasteiger partial charge in [-0.25, -0.2) is 9.69 Å². The van der Waals surface area contributed by atoms with Crippen molar-refractivity contribution in [3.63, 3.8) is 0 Å². The molecule has 1 aliphatic heterocycles. The van der Waals surface area contributed by atoms with Crippen LogP contribution in [-0.2, 0) is 9.59 Å². The van der Waals surface area contributed by atoms with Gasteiger partial charge in [-0.15, -0.1) is 0 Å². The Hall–Kier alpha value is -4.73. The number of ether oxygens (including phenoxy) is 1. The minimum absolute atomic E-state index is 0.0554. The summed E-state index contributed by atoms with van der Waals surface area (Å²) in [6.07, 6.45) is 1.42. The largest absolute Gasteiger partial charge is 0.494 e. The van der Waals surface area contributed by atoms with Crippen molar-refractivity contribution < 1.29 is 24.0 Å². The van der Waals surface area contributed by atoms with Crippen molar-refractivity contribution in [3.8, 4) is 11.4 Å². The highest BCUT2D eigenvalue weighted by Gasteiger charge is 2.37. The average molecular weight is 474 g/mol. The molecule has 178 valence electrons. The zero-order chi connectivity index (χ0) is 25.3. The third kappa shape index (κ3) is 4.41. The fourth-order valence-corrected chi connectivity index (χ4v) is 4.00. The third-order valence-corrected chi connectivity index (χ3v) is 5.56. The van der Waals surface area contributed by atoms with Crippen molar-refractivity contribution in [1.29, 1.82) is 0 Å². The minimum Gasteiger partial charge on any atom is -0.494 e. The van der Waals surface area contributed by atoms with E-state index in [2.05, 4.69) is 5.32 Å². The Bertz CT molecular complexity index is 1400.